The van der Waals surface area contributed by atoms with Gasteiger partial charge in [-0.15, -0.1) is 0 Å². The summed E-state index contributed by atoms with van der Waals surface area (Å²) in [6.07, 6.45) is 8.06. The summed E-state index contributed by atoms with van der Waals surface area (Å²) in [6, 6.07) is 0.314. The van der Waals surface area contributed by atoms with Crippen molar-refractivity contribution in [1.82, 2.24) is 14.9 Å². The molecule has 3 heterocycles. The van der Waals surface area contributed by atoms with Gasteiger partial charge in [-0.05, 0) is 44.7 Å². The van der Waals surface area contributed by atoms with Crippen LogP contribution in [0.25, 0.3) is 0 Å². The highest BCUT2D eigenvalue weighted by Crippen LogP contribution is 2.19. The van der Waals surface area contributed by atoms with Gasteiger partial charge in [-0.1, -0.05) is 0 Å². The largest absolute Gasteiger partial charge is 0.335 e. The standard InChI is InChI=1S/C13H22N4/c14-11-3-5-17-9-12(16-13(17)7-11)6-10-2-1-4-15-8-10/h9-11,15H,1-8,14H2. The van der Waals surface area contributed by atoms with Gasteiger partial charge in [-0.25, -0.2) is 4.98 Å². The number of imidazole rings is 1. The Morgan fingerprint density at radius 2 is 2.41 bits per heavy atom. The van der Waals surface area contributed by atoms with Gasteiger partial charge in [0.15, 0.2) is 0 Å². The molecule has 0 radical (unpaired) electrons. The molecule has 1 aromatic rings. The van der Waals surface area contributed by atoms with E-state index in [2.05, 4.69) is 16.1 Å². The van der Waals surface area contributed by atoms with E-state index in [0.29, 0.717) is 6.04 Å². The molecular formula is C13H22N4. The van der Waals surface area contributed by atoms with Gasteiger partial charge < -0.3 is 15.6 Å². The first-order valence-electron chi connectivity index (χ1n) is 6.82. The van der Waals surface area contributed by atoms with E-state index in [4.69, 9.17) is 10.7 Å². The van der Waals surface area contributed by atoms with Crippen LogP contribution in [0.5, 0.6) is 0 Å². The fourth-order valence-electron chi connectivity index (χ4n) is 3.00. The molecule has 0 aliphatic carbocycles. The van der Waals surface area contributed by atoms with Crippen molar-refractivity contribution in [2.24, 2.45) is 11.7 Å². The van der Waals surface area contributed by atoms with E-state index < -0.39 is 0 Å². The van der Waals surface area contributed by atoms with Gasteiger partial charge in [-0.3, -0.25) is 0 Å². The van der Waals surface area contributed by atoms with Crippen molar-refractivity contribution in [2.75, 3.05) is 13.1 Å². The number of nitrogens with one attached hydrogen (secondary N) is 1. The first-order valence-corrected chi connectivity index (χ1v) is 6.82. The predicted molar refractivity (Wildman–Crippen MR) is 67.8 cm³/mol. The summed E-state index contributed by atoms with van der Waals surface area (Å²) < 4.78 is 2.30. The summed E-state index contributed by atoms with van der Waals surface area (Å²) in [6.45, 7) is 3.39. The van der Waals surface area contributed by atoms with Crippen LogP contribution < -0.4 is 11.1 Å². The normalized spacial score (nSPS) is 29.0. The van der Waals surface area contributed by atoms with Crippen molar-refractivity contribution >= 4 is 0 Å². The smallest absolute Gasteiger partial charge is 0.110 e. The van der Waals surface area contributed by atoms with Crippen molar-refractivity contribution < 1.29 is 0 Å². The fraction of sp³-hybridized carbons (Fsp3) is 0.769. The second kappa shape index (κ2) is 4.78. The molecule has 1 fully saturated rings. The highest BCUT2D eigenvalue weighted by Gasteiger charge is 2.20. The van der Waals surface area contributed by atoms with Gasteiger partial charge in [0.05, 0.1) is 5.69 Å². The summed E-state index contributed by atoms with van der Waals surface area (Å²) in [5.74, 6) is 1.97. The number of hydrogen-bond acceptors (Lipinski definition) is 3. The van der Waals surface area contributed by atoms with Gasteiger partial charge in [0.2, 0.25) is 0 Å². The molecule has 3 rings (SSSR count). The van der Waals surface area contributed by atoms with Crippen LogP contribution >= 0.6 is 0 Å². The summed E-state index contributed by atoms with van der Waals surface area (Å²) >= 11 is 0. The van der Waals surface area contributed by atoms with Crippen LogP contribution in [0.4, 0.5) is 0 Å². The molecule has 2 aliphatic rings. The number of nitrogens with two attached hydrogens (primary N) is 1. The van der Waals surface area contributed by atoms with Crippen LogP contribution in [-0.4, -0.2) is 28.7 Å². The monoisotopic (exact) mass is 234 g/mol. The van der Waals surface area contributed by atoms with Crippen LogP contribution in [0.2, 0.25) is 0 Å². The SMILES string of the molecule is NC1CCn2cc(CC3CCCNC3)nc2C1. The third-order valence-electron chi connectivity index (χ3n) is 3.99. The van der Waals surface area contributed by atoms with Gasteiger partial charge in [-0.2, -0.15) is 0 Å². The van der Waals surface area contributed by atoms with Crippen molar-refractivity contribution in [1.29, 1.82) is 0 Å². The van der Waals surface area contributed by atoms with Crippen molar-refractivity contribution in [2.45, 2.75) is 44.7 Å². The lowest BCUT2D eigenvalue weighted by Crippen LogP contribution is -2.31. The van der Waals surface area contributed by atoms with Crippen LogP contribution in [0.1, 0.15) is 30.8 Å². The first kappa shape index (κ1) is 11.2. The lowest BCUT2D eigenvalue weighted by molar-refractivity contribution is 0.374. The number of aryl methyl sites for hydroxylation is 1. The molecule has 0 aromatic carbocycles. The molecule has 94 valence electrons. The van der Waals surface area contributed by atoms with Crippen molar-refractivity contribution in [3.05, 3.63) is 17.7 Å². The molecule has 17 heavy (non-hydrogen) atoms. The molecule has 3 N–H and O–H groups in total. The molecule has 1 aromatic heterocycles. The minimum absolute atomic E-state index is 0.314. The zero-order valence-electron chi connectivity index (χ0n) is 10.4. The molecule has 4 heteroatoms. The Balaban J connectivity index is 1.67. The molecule has 2 atom stereocenters. The summed E-state index contributed by atoms with van der Waals surface area (Å²) in [5.41, 5.74) is 7.25. The highest BCUT2D eigenvalue weighted by atomic mass is 15.1. The molecule has 0 spiro atoms. The zero-order valence-corrected chi connectivity index (χ0v) is 10.4. The summed E-state index contributed by atoms with van der Waals surface area (Å²) in [7, 11) is 0. The molecular weight excluding hydrogens is 212 g/mol. The maximum atomic E-state index is 5.98. The second-order valence-corrected chi connectivity index (χ2v) is 5.51. The summed E-state index contributed by atoms with van der Waals surface area (Å²) in [4.78, 5) is 4.75. The van der Waals surface area contributed by atoms with E-state index in [1.54, 1.807) is 0 Å². The van der Waals surface area contributed by atoms with Crippen LogP contribution in [0.15, 0.2) is 6.20 Å². The lowest BCUT2D eigenvalue weighted by atomic mass is 9.95. The van der Waals surface area contributed by atoms with Gasteiger partial charge in [0.25, 0.3) is 0 Å². The van der Waals surface area contributed by atoms with Crippen LogP contribution in [0, 0.1) is 5.92 Å². The molecule has 1 saturated heterocycles. The zero-order chi connectivity index (χ0) is 11.7. The van der Waals surface area contributed by atoms with Crippen molar-refractivity contribution in [3.63, 3.8) is 0 Å². The quantitative estimate of drug-likeness (QED) is 0.792. The Labute approximate surface area is 103 Å². The Kier molecular flexibility index (Phi) is 3.16. The number of nitrogens with zero attached hydrogens (tertiary/aromatic N) is 2. The average molecular weight is 234 g/mol. The summed E-state index contributed by atoms with van der Waals surface area (Å²) in [5, 5.41) is 3.47. The molecule has 0 saturated carbocycles. The maximum absolute atomic E-state index is 5.98. The number of piperidine rings is 1. The molecule has 0 bridgehead atoms. The number of rotatable bonds is 2. The van der Waals surface area contributed by atoms with Gasteiger partial charge >= 0.3 is 0 Å². The average Bonchev–Trinajstić information content (AvgIpc) is 2.71. The Morgan fingerprint density at radius 3 is 3.24 bits per heavy atom. The minimum Gasteiger partial charge on any atom is -0.335 e. The third-order valence-corrected chi connectivity index (χ3v) is 3.99. The third kappa shape index (κ3) is 2.53. The molecule has 2 aliphatic heterocycles. The Morgan fingerprint density at radius 1 is 1.47 bits per heavy atom. The van der Waals surface area contributed by atoms with Crippen molar-refractivity contribution in [3.8, 4) is 0 Å². The molecule has 4 nitrogen and oxygen atoms in total. The van der Waals surface area contributed by atoms with Gasteiger partial charge in [0.1, 0.15) is 5.82 Å². The molecule has 2 unspecified atom stereocenters. The van der Waals surface area contributed by atoms with E-state index in [1.807, 2.05) is 0 Å². The fourth-order valence-corrected chi connectivity index (χ4v) is 3.00. The number of aromatic nitrogens is 2. The molecule has 0 amide bonds. The van der Waals surface area contributed by atoms with E-state index in [-0.39, 0.29) is 0 Å². The van der Waals surface area contributed by atoms with E-state index in [0.717, 1.165) is 38.3 Å². The minimum atomic E-state index is 0.314. The Bertz CT molecular complexity index is 379. The predicted octanol–water partition coefficient (Wildman–Crippen LogP) is 0.699. The van der Waals surface area contributed by atoms with Crippen LogP contribution in [-0.2, 0) is 19.4 Å². The maximum Gasteiger partial charge on any atom is 0.110 e. The second-order valence-electron chi connectivity index (χ2n) is 5.51. The van der Waals surface area contributed by atoms with E-state index in [1.165, 1.54) is 30.9 Å². The highest BCUT2D eigenvalue weighted by molar-refractivity contribution is 5.09. The topological polar surface area (TPSA) is 55.9 Å². The van der Waals surface area contributed by atoms with Gasteiger partial charge in [0, 0.05) is 25.2 Å². The first-order chi connectivity index (χ1) is 8.31. The van der Waals surface area contributed by atoms with Crippen LogP contribution in [0.3, 0.4) is 0 Å². The number of fused-ring (bicyclic) bond motifs is 1. The Hall–Kier alpha value is -0.870. The van der Waals surface area contributed by atoms with E-state index >= 15 is 0 Å². The van der Waals surface area contributed by atoms with E-state index in [9.17, 15) is 0 Å². The lowest BCUT2D eigenvalue weighted by Gasteiger charge is -2.21. The number of hydrogen-bond donors (Lipinski definition) is 2.